The van der Waals surface area contributed by atoms with E-state index >= 15 is 0 Å². The van der Waals surface area contributed by atoms with Gasteiger partial charge in [0.05, 0.1) is 24.1 Å². The van der Waals surface area contributed by atoms with Crippen molar-refractivity contribution in [1.29, 1.82) is 0 Å². The van der Waals surface area contributed by atoms with Crippen LogP contribution in [0.15, 0.2) is 63.3 Å². The maximum atomic E-state index is 11.7. The zero-order chi connectivity index (χ0) is 21.1. The Labute approximate surface area is 182 Å². The predicted molar refractivity (Wildman–Crippen MR) is 119 cm³/mol. The number of hydrogen-bond acceptors (Lipinski definition) is 6. The number of esters is 1. The highest BCUT2D eigenvalue weighted by Gasteiger charge is 2.10. The van der Waals surface area contributed by atoms with Crippen molar-refractivity contribution >= 4 is 45.0 Å². The van der Waals surface area contributed by atoms with Gasteiger partial charge in [0.1, 0.15) is 11.3 Å². The maximum Gasteiger partial charge on any atom is 0.311 e. The van der Waals surface area contributed by atoms with Gasteiger partial charge in [0.2, 0.25) is 5.13 Å². The molecule has 152 valence electrons. The average Bonchev–Trinajstić information content (AvgIpc) is 3.15. The van der Waals surface area contributed by atoms with Crippen LogP contribution in [-0.4, -0.2) is 17.6 Å². The lowest BCUT2D eigenvalue weighted by molar-refractivity contribution is -0.142. The molecule has 30 heavy (non-hydrogen) atoms. The van der Waals surface area contributed by atoms with Crippen LogP contribution in [0.25, 0.3) is 22.3 Å². The number of ether oxygens (including phenoxy) is 1. The summed E-state index contributed by atoms with van der Waals surface area (Å²) in [5, 5.41) is 4.72. The number of thiazole rings is 1. The van der Waals surface area contributed by atoms with Crippen LogP contribution in [0.4, 0.5) is 5.13 Å². The minimum atomic E-state index is -0.293. The molecular formula is C23H19ClN2O3S. The number of halogens is 1. The Hall–Kier alpha value is -2.96. The quantitative estimate of drug-likeness (QED) is 0.366. The van der Waals surface area contributed by atoms with Crippen molar-refractivity contribution in [3.63, 3.8) is 0 Å². The summed E-state index contributed by atoms with van der Waals surface area (Å²) in [6.07, 6.45) is 0.139. The summed E-state index contributed by atoms with van der Waals surface area (Å²) in [6.45, 7) is 4.16. The standard InChI is InChI=1S/C23H19ClN2O3S/c1-3-28-22(27)11-17-13-30-23(25-17)26-19-12-21(15-5-7-16(24)8-6-15)29-20-9-4-14(2)10-18(19)20/h4-10,12-13H,3,11H2,1-2H3. The van der Waals surface area contributed by atoms with E-state index in [1.54, 1.807) is 6.92 Å². The van der Waals surface area contributed by atoms with Gasteiger partial charge in [0.25, 0.3) is 0 Å². The molecule has 2 aromatic heterocycles. The van der Waals surface area contributed by atoms with E-state index in [4.69, 9.17) is 25.7 Å². The molecule has 0 aliphatic rings. The van der Waals surface area contributed by atoms with Gasteiger partial charge in [-0.05, 0) is 50.2 Å². The first kappa shape index (κ1) is 20.3. The third-order valence-electron chi connectivity index (χ3n) is 4.41. The number of aromatic nitrogens is 1. The molecule has 0 N–H and O–H groups in total. The monoisotopic (exact) mass is 438 g/mol. The minimum absolute atomic E-state index is 0.139. The molecule has 0 radical (unpaired) electrons. The molecule has 0 saturated heterocycles. The van der Waals surface area contributed by atoms with Crippen molar-refractivity contribution < 1.29 is 13.9 Å². The van der Waals surface area contributed by atoms with Crippen molar-refractivity contribution in [1.82, 2.24) is 4.98 Å². The third-order valence-corrected chi connectivity index (χ3v) is 5.45. The second-order valence-corrected chi connectivity index (χ2v) is 7.99. The summed E-state index contributed by atoms with van der Waals surface area (Å²) in [6, 6.07) is 15.3. The van der Waals surface area contributed by atoms with E-state index in [-0.39, 0.29) is 12.4 Å². The van der Waals surface area contributed by atoms with E-state index in [0.717, 1.165) is 27.5 Å². The summed E-state index contributed by atoms with van der Waals surface area (Å²) < 4.78 is 11.1. The van der Waals surface area contributed by atoms with Crippen LogP contribution in [0.5, 0.6) is 0 Å². The van der Waals surface area contributed by atoms with Crippen molar-refractivity contribution in [2.24, 2.45) is 4.99 Å². The van der Waals surface area contributed by atoms with Crippen LogP contribution in [0, 0.1) is 6.92 Å². The second-order valence-electron chi connectivity index (χ2n) is 6.72. The van der Waals surface area contributed by atoms with Gasteiger partial charge in [-0.2, -0.15) is 0 Å². The van der Waals surface area contributed by atoms with Gasteiger partial charge < -0.3 is 9.15 Å². The number of hydrogen-bond donors (Lipinski definition) is 0. The van der Waals surface area contributed by atoms with Crippen LogP contribution in [0.2, 0.25) is 5.02 Å². The lowest BCUT2D eigenvalue weighted by Crippen LogP contribution is -2.07. The number of rotatable bonds is 5. The van der Waals surface area contributed by atoms with Crippen LogP contribution in [0.3, 0.4) is 0 Å². The molecule has 0 amide bonds. The number of benzene rings is 2. The molecule has 4 rings (SSSR count). The molecule has 0 spiro atoms. The van der Waals surface area contributed by atoms with E-state index in [9.17, 15) is 4.79 Å². The normalized spacial score (nSPS) is 11.8. The molecule has 2 aromatic carbocycles. The van der Waals surface area contributed by atoms with E-state index in [1.165, 1.54) is 11.3 Å². The molecular weight excluding hydrogens is 420 g/mol. The Bertz CT molecular complexity index is 1280. The first-order valence-electron chi connectivity index (χ1n) is 9.47. The molecule has 0 bridgehead atoms. The zero-order valence-corrected chi connectivity index (χ0v) is 18.1. The predicted octanol–water partition coefficient (Wildman–Crippen LogP) is 5.86. The first-order chi connectivity index (χ1) is 14.5. The fraction of sp³-hybridized carbons (Fsp3) is 0.174. The van der Waals surface area contributed by atoms with Gasteiger partial charge in [0, 0.05) is 27.4 Å². The summed E-state index contributed by atoms with van der Waals surface area (Å²) in [4.78, 5) is 20.9. The number of aryl methyl sites for hydroxylation is 1. The molecule has 0 atom stereocenters. The van der Waals surface area contributed by atoms with Crippen LogP contribution >= 0.6 is 22.9 Å². The zero-order valence-electron chi connectivity index (χ0n) is 16.5. The molecule has 5 nitrogen and oxygen atoms in total. The summed E-state index contributed by atoms with van der Waals surface area (Å²) in [7, 11) is 0. The number of carbonyl (C=O) groups excluding carboxylic acids is 1. The Balaban J connectivity index is 1.80. The summed E-state index contributed by atoms with van der Waals surface area (Å²) >= 11 is 7.41. The van der Waals surface area contributed by atoms with E-state index in [0.29, 0.717) is 28.2 Å². The van der Waals surface area contributed by atoms with Gasteiger partial charge in [-0.15, -0.1) is 11.3 Å². The van der Waals surface area contributed by atoms with Crippen molar-refractivity contribution in [3.8, 4) is 11.3 Å². The highest BCUT2D eigenvalue weighted by molar-refractivity contribution is 7.13. The Morgan fingerprint density at radius 1 is 1.20 bits per heavy atom. The number of fused-ring (bicyclic) bond motifs is 1. The fourth-order valence-corrected chi connectivity index (χ4v) is 3.85. The molecule has 7 heteroatoms. The maximum absolute atomic E-state index is 11.7. The molecule has 0 fully saturated rings. The molecule has 0 saturated carbocycles. The van der Waals surface area contributed by atoms with E-state index in [1.807, 2.05) is 60.8 Å². The van der Waals surface area contributed by atoms with Gasteiger partial charge >= 0.3 is 5.97 Å². The van der Waals surface area contributed by atoms with Crippen molar-refractivity contribution in [2.75, 3.05) is 6.61 Å². The second kappa shape index (κ2) is 8.81. The van der Waals surface area contributed by atoms with E-state index < -0.39 is 0 Å². The highest BCUT2D eigenvalue weighted by Crippen LogP contribution is 2.25. The smallest absolute Gasteiger partial charge is 0.311 e. The molecule has 4 aromatic rings. The number of carbonyl (C=O) groups is 1. The summed E-state index contributed by atoms with van der Waals surface area (Å²) in [5.41, 5.74) is 3.39. The van der Waals surface area contributed by atoms with Crippen molar-refractivity contribution in [2.45, 2.75) is 20.3 Å². The first-order valence-corrected chi connectivity index (χ1v) is 10.7. The topological polar surface area (TPSA) is 64.7 Å². The van der Waals surface area contributed by atoms with Gasteiger partial charge in [-0.25, -0.2) is 9.98 Å². The number of nitrogens with zero attached hydrogens (tertiary/aromatic N) is 2. The van der Waals surface area contributed by atoms with Gasteiger partial charge in [0.15, 0.2) is 0 Å². The largest absolute Gasteiger partial charge is 0.466 e. The molecule has 0 aliphatic heterocycles. The van der Waals surface area contributed by atoms with E-state index in [2.05, 4.69) is 4.98 Å². The lowest BCUT2D eigenvalue weighted by atomic mass is 10.1. The molecule has 0 aliphatic carbocycles. The van der Waals surface area contributed by atoms with Crippen LogP contribution in [0.1, 0.15) is 18.2 Å². The SMILES string of the molecule is CCOC(=O)Cc1csc(N=c2cc(-c3ccc(Cl)cc3)oc3ccc(C)cc23)n1. The van der Waals surface area contributed by atoms with Gasteiger partial charge in [-0.1, -0.05) is 23.2 Å². The highest BCUT2D eigenvalue weighted by atomic mass is 35.5. The summed E-state index contributed by atoms with van der Waals surface area (Å²) in [5.74, 6) is 0.393. The van der Waals surface area contributed by atoms with Gasteiger partial charge in [-0.3, -0.25) is 4.79 Å². The fourth-order valence-electron chi connectivity index (χ4n) is 3.02. The lowest BCUT2D eigenvalue weighted by Gasteiger charge is -2.06. The Kier molecular flexibility index (Phi) is 5.97. The Morgan fingerprint density at radius 3 is 2.77 bits per heavy atom. The minimum Gasteiger partial charge on any atom is -0.466 e. The molecule has 0 unspecified atom stereocenters. The van der Waals surface area contributed by atoms with Crippen LogP contribution in [-0.2, 0) is 16.0 Å². The average molecular weight is 439 g/mol. The molecule has 2 heterocycles. The van der Waals surface area contributed by atoms with Crippen LogP contribution < -0.4 is 5.36 Å². The third kappa shape index (κ3) is 4.61. The Morgan fingerprint density at radius 2 is 2.00 bits per heavy atom. The van der Waals surface area contributed by atoms with Crippen molar-refractivity contribution in [3.05, 3.63) is 75.5 Å².